The van der Waals surface area contributed by atoms with E-state index in [0.29, 0.717) is 19.6 Å². The van der Waals surface area contributed by atoms with Crippen LogP contribution < -0.4 is 15.4 Å². The van der Waals surface area contributed by atoms with Gasteiger partial charge in [-0.2, -0.15) is 5.10 Å². The van der Waals surface area contributed by atoms with E-state index in [1.54, 1.807) is 14.2 Å². The number of carbonyl (C=O) groups excluding carboxylic acids is 1. The van der Waals surface area contributed by atoms with Gasteiger partial charge in [-0.1, -0.05) is 13.0 Å². The van der Waals surface area contributed by atoms with Gasteiger partial charge in [-0.05, 0) is 24.6 Å². The monoisotopic (exact) mass is 332 g/mol. The van der Waals surface area contributed by atoms with E-state index in [1.165, 1.54) is 0 Å². The highest BCUT2D eigenvalue weighted by Crippen LogP contribution is 2.18. The summed E-state index contributed by atoms with van der Waals surface area (Å²) < 4.78 is 10.2. The number of carbonyl (C=O) groups is 1. The number of aromatic nitrogens is 2. The summed E-state index contributed by atoms with van der Waals surface area (Å²) in [5.74, 6) is 0.682. The first-order valence-electron chi connectivity index (χ1n) is 7.86. The lowest BCUT2D eigenvalue weighted by atomic mass is 10.2. The zero-order chi connectivity index (χ0) is 17.4. The lowest BCUT2D eigenvalue weighted by Gasteiger charge is -2.18. The SMILES string of the molecule is CCC(Nc1cccc(OC)c1)C(=O)NCc1cc(COC)n[nH]1. The molecule has 1 aromatic carbocycles. The zero-order valence-electron chi connectivity index (χ0n) is 14.3. The van der Waals surface area contributed by atoms with Crippen molar-refractivity contribution in [3.63, 3.8) is 0 Å². The Morgan fingerprint density at radius 2 is 2.17 bits per heavy atom. The number of nitrogens with zero attached hydrogens (tertiary/aromatic N) is 1. The average molecular weight is 332 g/mol. The van der Waals surface area contributed by atoms with Gasteiger partial charge in [-0.3, -0.25) is 9.89 Å². The van der Waals surface area contributed by atoms with Crippen LogP contribution in [-0.4, -0.2) is 36.4 Å². The topological polar surface area (TPSA) is 88.3 Å². The van der Waals surface area contributed by atoms with Gasteiger partial charge in [0.05, 0.1) is 31.6 Å². The van der Waals surface area contributed by atoms with Crippen molar-refractivity contribution >= 4 is 11.6 Å². The summed E-state index contributed by atoms with van der Waals surface area (Å²) in [6.07, 6.45) is 0.668. The lowest BCUT2D eigenvalue weighted by Crippen LogP contribution is -2.38. The van der Waals surface area contributed by atoms with Gasteiger partial charge in [0.15, 0.2) is 0 Å². The molecule has 1 heterocycles. The van der Waals surface area contributed by atoms with Gasteiger partial charge in [0.2, 0.25) is 5.91 Å². The van der Waals surface area contributed by atoms with E-state index >= 15 is 0 Å². The fourth-order valence-corrected chi connectivity index (χ4v) is 2.29. The quantitative estimate of drug-likeness (QED) is 0.654. The molecule has 7 nitrogen and oxygen atoms in total. The summed E-state index contributed by atoms with van der Waals surface area (Å²) >= 11 is 0. The number of aromatic amines is 1. The molecule has 130 valence electrons. The number of H-pyrrole nitrogens is 1. The number of nitrogens with one attached hydrogen (secondary N) is 3. The molecule has 0 radical (unpaired) electrons. The second-order valence-corrected chi connectivity index (χ2v) is 5.37. The van der Waals surface area contributed by atoms with Crippen LogP contribution in [0.1, 0.15) is 24.7 Å². The lowest BCUT2D eigenvalue weighted by molar-refractivity contribution is -0.122. The standard InChI is InChI=1S/C17H24N4O3/c1-4-16(19-12-6-5-7-15(9-12)24-3)17(22)18-10-13-8-14(11-23-2)21-20-13/h5-9,16,19H,4,10-11H2,1-3H3,(H,18,22)(H,20,21). The molecule has 24 heavy (non-hydrogen) atoms. The summed E-state index contributed by atoms with van der Waals surface area (Å²) in [5.41, 5.74) is 2.50. The van der Waals surface area contributed by atoms with E-state index < -0.39 is 0 Å². The van der Waals surface area contributed by atoms with Gasteiger partial charge in [0.1, 0.15) is 11.8 Å². The highest BCUT2D eigenvalue weighted by Gasteiger charge is 2.16. The first-order chi connectivity index (χ1) is 11.7. The highest BCUT2D eigenvalue weighted by atomic mass is 16.5. The summed E-state index contributed by atoms with van der Waals surface area (Å²) in [6, 6.07) is 9.07. The molecule has 1 atom stereocenters. The molecule has 0 aliphatic heterocycles. The first kappa shape index (κ1) is 17.8. The van der Waals surface area contributed by atoms with E-state index in [4.69, 9.17) is 9.47 Å². The third-order valence-electron chi connectivity index (χ3n) is 3.56. The van der Waals surface area contributed by atoms with Crippen LogP contribution in [0.2, 0.25) is 0 Å². The molecule has 7 heteroatoms. The molecule has 0 fully saturated rings. The molecule has 2 rings (SSSR count). The van der Waals surface area contributed by atoms with E-state index in [2.05, 4.69) is 20.8 Å². The number of anilines is 1. The fourth-order valence-electron chi connectivity index (χ4n) is 2.29. The molecule has 2 aromatic rings. The largest absolute Gasteiger partial charge is 0.497 e. The van der Waals surface area contributed by atoms with Crippen LogP contribution >= 0.6 is 0 Å². The number of hydrogen-bond acceptors (Lipinski definition) is 5. The van der Waals surface area contributed by atoms with Crippen LogP contribution in [0.3, 0.4) is 0 Å². The molecule has 1 unspecified atom stereocenters. The zero-order valence-corrected chi connectivity index (χ0v) is 14.3. The number of benzene rings is 1. The molecule has 0 spiro atoms. The van der Waals surface area contributed by atoms with E-state index in [1.807, 2.05) is 37.3 Å². The van der Waals surface area contributed by atoms with Gasteiger partial charge < -0.3 is 20.1 Å². The molecule has 0 saturated heterocycles. The van der Waals surface area contributed by atoms with Crippen molar-refractivity contribution in [2.75, 3.05) is 19.5 Å². The van der Waals surface area contributed by atoms with Crippen molar-refractivity contribution in [1.82, 2.24) is 15.5 Å². The number of amides is 1. The number of ether oxygens (including phenoxy) is 2. The van der Waals surface area contributed by atoms with Crippen LogP contribution in [0.4, 0.5) is 5.69 Å². The highest BCUT2D eigenvalue weighted by molar-refractivity contribution is 5.84. The Morgan fingerprint density at radius 1 is 1.33 bits per heavy atom. The maximum absolute atomic E-state index is 12.4. The van der Waals surface area contributed by atoms with Crippen molar-refractivity contribution < 1.29 is 14.3 Å². The molecule has 1 amide bonds. The van der Waals surface area contributed by atoms with Gasteiger partial charge >= 0.3 is 0 Å². The average Bonchev–Trinajstić information content (AvgIpc) is 3.05. The Morgan fingerprint density at radius 3 is 2.88 bits per heavy atom. The van der Waals surface area contributed by atoms with Crippen molar-refractivity contribution in [3.8, 4) is 5.75 Å². The number of methoxy groups -OCH3 is 2. The molecular formula is C17H24N4O3. The van der Waals surface area contributed by atoms with E-state index in [0.717, 1.165) is 22.8 Å². The molecule has 0 aliphatic carbocycles. The van der Waals surface area contributed by atoms with Crippen molar-refractivity contribution in [3.05, 3.63) is 41.7 Å². The third-order valence-corrected chi connectivity index (χ3v) is 3.56. The van der Waals surface area contributed by atoms with Gasteiger partial charge in [-0.25, -0.2) is 0 Å². The smallest absolute Gasteiger partial charge is 0.242 e. The second kappa shape index (κ2) is 8.93. The Balaban J connectivity index is 1.90. The molecule has 0 saturated carbocycles. The molecule has 1 aromatic heterocycles. The Bertz CT molecular complexity index is 657. The predicted molar refractivity (Wildman–Crippen MR) is 91.8 cm³/mol. The van der Waals surface area contributed by atoms with Gasteiger partial charge in [0, 0.05) is 18.9 Å². The van der Waals surface area contributed by atoms with Gasteiger partial charge in [0.25, 0.3) is 0 Å². The summed E-state index contributed by atoms with van der Waals surface area (Å²) in [7, 11) is 3.23. The predicted octanol–water partition coefficient (Wildman–Crippen LogP) is 2.07. The van der Waals surface area contributed by atoms with Gasteiger partial charge in [-0.15, -0.1) is 0 Å². The second-order valence-electron chi connectivity index (χ2n) is 5.37. The molecule has 0 aliphatic rings. The summed E-state index contributed by atoms with van der Waals surface area (Å²) in [5, 5.41) is 13.1. The Hall–Kier alpha value is -2.54. The maximum atomic E-state index is 12.4. The van der Waals surface area contributed by atoms with E-state index in [9.17, 15) is 4.79 Å². The third kappa shape index (κ3) is 4.99. The Labute approximate surface area is 141 Å². The molecule has 0 bridgehead atoms. The summed E-state index contributed by atoms with van der Waals surface area (Å²) in [4.78, 5) is 12.4. The fraction of sp³-hybridized carbons (Fsp3) is 0.412. The van der Waals surface area contributed by atoms with Crippen molar-refractivity contribution in [1.29, 1.82) is 0 Å². The molecular weight excluding hydrogens is 308 g/mol. The molecule has 3 N–H and O–H groups in total. The van der Waals surface area contributed by atoms with Crippen LogP contribution in [0.5, 0.6) is 5.75 Å². The van der Waals surface area contributed by atoms with Crippen molar-refractivity contribution in [2.24, 2.45) is 0 Å². The first-order valence-corrected chi connectivity index (χ1v) is 7.86. The number of rotatable bonds is 9. The van der Waals surface area contributed by atoms with Crippen LogP contribution in [-0.2, 0) is 22.7 Å². The van der Waals surface area contributed by atoms with E-state index in [-0.39, 0.29) is 11.9 Å². The van der Waals surface area contributed by atoms with Crippen LogP contribution in [0, 0.1) is 0 Å². The normalized spacial score (nSPS) is 11.8. The minimum Gasteiger partial charge on any atom is -0.497 e. The van der Waals surface area contributed by atoms with Crippen LogP contribution in [0.15, 0.2) is 30.3 Å². The summed E-state index contributed by atoms with van der Waals surface area (Å²) in [6.45, 7) is 2.80. The minimum atomic E-state index is -0.321. The van der Waals surface area contributed by atoms with Crippen molar-refractivity contribution in [2.45, 2.75) is 32.5 Å². The minimum absolute atomic E-state index is 0.0665. The number of hydrogen-bond donors (Lipinski definition) is 3. The van der Waals surface area contributed by atoms with Crippen LogP contribution in [0.25, 0.3) is 0 Å². The maximum Gasteiger partial charge on any atom is 0.242 e. The Kier molecular flexibility index (Phi) is 6.62.